The first-order valence-electron chi connectivity index (χ1n) is 16.5. The average molecular weight is 697 g/mol. The van der Waals surface area contributed by atoms with Gasteiger partial charge in [-0.05, 0) is 67.5 Å². The normalized spacial score (nSPS) is 13.7. The third-order valence-electron chi connectivity index (χ3n) is 9.19. The molecule has 1 aliphatic rings. The first-order valence-corrected chi connectivity index (χ1v) is 16.9. The Morgan fingerprint density at radius 2 is 1.76 bits per heavy atom. The van der Waals surface area contributed by atoms with Crippen LogP contribution in [0.25, 0.3) is 22.2 Å². The number of aromatic nitrogens is 2. The Labute approximate surface area is 296 Å². The maximum Gasteiger partial charge on any atom is 0.298 e. The van der Waals surface area contributed by atoms with Gasteiger partial charge in [-0.3, -0.25) is 9.88 Å². The number of pyridine rings is 1. The van der Waals surface area contributed by atoms with E-state index in [0.717, 1.165) is 70.7 Å². The number of fused-ring (bicyclic) bond motifs is 1. The molecular weight excluding hydrogens is 656 g/mol. The summed E-state index contributed by atoms with van der Waals surface area (Å²) in [5.41, 5.74) is 7.68. The molecule has 0 aliphatic carbocycles. The van der Waals surface area contributed by atoms with Gasteiger partial charge in [0.05, 0.1) is 29.8 Å². The quantitative estimate of drug-likeness (QED) is 0.164. The van der Waals surface area contributed by atoms with E-state index in [1.165, 1.54) is 6.20 Å². The summed E-state index contributed by atoms with van der Waals surface area (Å²) < 4.78 is 18.7. The van der Waals surface area contributed by atoms with Crippen molar-refractivity contribution in [3.8, 4) is 28.7 Å². The zero-order chi connectivity index (χ0) is 35.2. The van der Waals surface area contributed by atoms with Crippen LogP contribution in [0.3, 0.4) is 0 Å². The molecule has 1 aliphatic heterocycles. The van der Waals surface area contributed by atoms with Gasteiger partial charge in [0.15, 0.2) is 5.58 Å². The minimum Gasteiger partial charge on any atom is -0.488 e. The number of ether oxygens (including phenoxy) is 2. The highest BCUT2D eigenvalue weighted by Crippen LogP contribution is 2.36. The first-order chi connectivity index (χ1) is 24.3. The molecule has 0 unspecified atom stereocenters. The van der Waals surface area contributed by atoms with Crippen molar-refractivity contribution in [3.63, 3.8) is 0 Å². The Kier molecular flexibility index (Phi) is 11.2. The van der Waals surface area contributed by atoms with Crippen molar-refractivity contribution < 1.29 is 24.1 Å². The van der Waals surface area contributed by atoms with Gasteiger partial charge in [0, 0.05) is 62.3 Å². The molecule has 50 heavy (non-hydrogen) atoms. The van der Waals surface area contributed by atoms with Crippen molar-refractivity contribution in [2.24, 2.45) is 0 Å². The van der Waals surface area contributed by atoms with Crippen molar-refractivity contribution in [1.29, 1.82) is 5.26 Å². The van der Waals surface area contributed by atoms with Crippen LogP contribution in [0.4, 0.5) is 6.01 Å². The van der Waals surface area contributed by atoms with Gasteiger partial charge in [-0.1, -0.05) is 35.9 Å². The van der Waals surface area contributed by atoms with Crippen molar-refractivity contribution in [2.75, 3.05) is 58.4 Å². The summed E-state index contributed by atoms with van der Waals surface area (Å²) in [4.78, 5) is 15.3. The second-order valence-electron chi connectivity index (χ2n) is 12.7. The molecule has 1 fully saturated rings. The van der Waals surface area contributed by atoms with Gasteiger partial charge in [-0.2, -0.15) is 10.2 Å². The summed E-state index contributed by atoms with van der Waals surface area (Å²) in [6, 6.07) is 19.8. The van der Waals surface area contributed by atoms with Crippen LogP contribution in [-0.2, 0) is 19.8 Å². The molecule has 2 N–H and O–H groups in total. The van der Waals surface area contributed by atoms with Crippen LogP contribution in [0.5, 0.6) is 11.5 Å². The van der Waals surface area contributed by atoms with Crippen LogP contribution in [0.1, 0.15) is 27.8 Å². The van der Waals surface area contributed by atoms with Crippen molar-refractivity contribution in [1.82, 2.24) is 19.8 Å². The summed E-state index contributed by atoms with van der Waals surface area (Å²) >= 11 is 6.78. The van der Waals surface area contributed by atoms with Crippen molar-refractivity contribution >= 4 is 28.7 Å². The molecule has 260 valence electrons. The van der Waals surface area contributed by atoms with Crippen LogP contribution in [0, 0.1) is 18.3 Å². The van der Waals surface area contributed by atoms with Crippen LogP contribution in [0.2, 0.25) is 5.02 Å². The lowest BCUT2D eigenvalue weighted by Crippen LogP contribution is -2.44. The molecule has 2 aromatic heterocycles. The second-order valence-corrected chi connectivity index (χ2v) is 13.1. The molecule has 0 spiro atoms. The van der Waals surface area contributed by atoms with E-state index in [1.807, 2.05) is 30.1 Å². The Morgan fingerprint density at radius 3 is 2.52 bits per heavy atom. The molecule has 12 heteroatoms. The molecule has 0 atom stereocenters. The van der Waals surface area contributed by atoms with E-state index in [0.29, 0.717) is 34.6 Å². The number of nitriles is 1. The molecule has 6 rings (SSSR count). The van der Waals surface area contributed by atoms with Crippen LogP contribution in [-0.4, -0.2) is 89.5 Å². The molecule has 0 saturated carbocycles. The fourth-order valence-corrected chi connectivity index (χ4v) is 6.23. The molecule has 11 nitrogen and oxygen atoms in total. The Morgan fingerprint density at radius 1 is 0.980 bits per heavy atom. The highest BCUT2D eigenvalue weighted by Gasteiger charge is 2.21. The van der Waals surface area contributed by atoms with E-state index in [4.69, 9.17) is 30.5 Å². The number of anilines is 1. The fraction of sp³-hybridized carbons (Fsp3) is 0.342. The molecular formula is C38H41ClN6O5. The lowest BCUT2D eigenvalue weighted by atomic mass is 9.96. The fourth-order valence-electron chi connectivity index (χ4n) is 5.99. The van der Waals surface area contributed by atoms with Gasteiger partial charge < -0.3 is 33.9 Å². The lowest BCUT2D eigenvalue weighted by Gasteiger charge is -2.31. The molecule has 1 saturated heterocycles. The summed E-state index contributed by atoms with van der Waals surface area (Å²) in [7, 11) is 3.93. The van der Waals surface area contributed by atoms with Crippen LogP contribution >= 0.6 is 11.6 Å². The van der Waals surface area contributed by atoms with E-state index >= 15 is 0 Å². The first kappa shape index (κ1) is 35.1. The number of halogens is 1. The molecule has 3 aromatic carbocycles. The van der Waals surface area contributed by atoms with E-state index in [1.54, 1.807) is 24.4 Å². The maximum atomic E-state index is 9.72. The predicted molar refractivity (Wildman–Crippen MR) is 192 cm³/mol. The van der Waals surface area contributed by atoms with Crippen molar-refractivity contribution in [2.45, 2.75) is 32.7 Å². The highest BCUT2D eigenvalue weighted by molar-refractivity contribution is 6.32. The van der Waals surface area contributed by atoms with Gasteiger partial charge in [-0.25, -0.2) is 0 Å². The number of piperazine rings is 1. The Balaban J connectivity index is 1.22. The Bertz CT molecular complexity index is 1980. The van der Waals surface area contributed by atoms with Gasteiger partial charge >= 0.3 is 0 Å². The van der Waals surface area contributed by atoms with Crippen molar-refractivity contribution in [3.05, 3.63) is 99.8 Å². The molecule has 0 bridgehead atoms. The topological polar surface area (TPSA) is 131 Å². The smallest absolute Gasteiger partial charge is 0.298 e. The van der Waals surface area contributed by atoms with E-state index in [2.05, 4.69) is 53.0 Å². The second kappa shape index (κ2) is 15.9. The van der Waals surface area contributed by atoms with Gasteiger partial charge in [0.2, 0.25) is 0 Å². The highest BCUT2D eigenvalue weighted by atomic mass is 35.5. The van der Waals surface area contributed by atoms with Gasteiger partial charge in [0.25, 0.3) is 6.01 Å². The summed E-state index contributed by atoms with van der Waals surface area (Å²) in [5.74, 6) is 0.971. The standard InChI is InChI=1S/C38H41ClN6O5/c1-25-29(5-4-6-32(25)28-7-8-35-34(15-28)42-38(50-35)45-11-9-43(2)10-12-45)24-49-37-16-36(48-23-27-13-26(17-40)18-41-19-27)30(14-33(37)39)20-44(3)31(21-46)22-47/h4-8,13-16,18-19,31,46-47H,9-12,20-24H2,1-3H3. The minimum atomic E-state index is -0.451. The monoisotopic (exact) mass is 696 g/mol. The maximum absolute atomic E-state index is 9.72. The number of benzene rings is 3. The zero-order valence-corrected chi connectivity index (χ0v) is 29.2. The molecule has 5 aromatic rings. The summed E-state index contributed by atoms with van der Waals surface area (Å²) in [6.07, 6.45) is 3.15. The number of aliphatic hydroxyl groups excluding tert-OH is 2. The number of hydrogen-bond acceptors (Lipinski definition) is 11. The van der Waals surface area contributed by atoms with Crippen LogP contribution < -0.4 is 14.4 Å². The third-order valence-corrected chi connectivity index (χ3v) is 9.48. The van der Waals surface area contributed by atoms with E-state index < -0.39 is 6.04 Å². The van der Waals surface area contributed by atoms with Gasteiger partial charge in [-0.15, -0.1) is 0 Å². The van der Waals surface area contributed by atoms with E-state index in [9.17, 15) is 15.5 Å². The largest absolute Gasteiger partial charge is 0.488 e. The summed E-state index contributed by atoms with van der Waals surface area (Å²) in [6.45, 7) is 6.18. The number of aliphatic hydroxyl groups is 2. The number of oxazole rings is 1. The SMILES string of the molecule is Cc1c(COc2cc(OCc3cncc(C#N)c3)c(CN(C)C(CO)CO)cc2Cl)cccc1-c1ccc2oc(N3CCN(C)CC3)nc2c1. The minimum absolute atomic E-state index is 0.164. The Hall–Kier alpha value is -4.70. The number of hydrogen-bond donors (Lipinski definition) is 2. The zero-order valence-electron chi connectivity index (χ0n) is 28.5. The number of likely N-dealkylation sites (N-methyl/N-ethyl adjacent to an activating group) is 2. The lowest BCUT2D eigenvalue weighted by molar-refractivity contribution is 0.0866. The number of rotatable bonds is 13. The molecule has 3 heterocycles. The average Bonchev–Trinajstić information content (AvgIpc) is 3.56. The molecule has 0 amide bonds. The van der Waals surface area contributed by atoms with E-state index in [-0.39, 0.29) is 26.4 Å². The summed E-state index contributed by atoms with van der Waals surface area (Å²) in [5, 5.41) is 29.1. The van der Waals surface area contributed by atoms with Crippen LogP contribution in [0.15, 0.2) is 71.4 Å². The number of nitrogens with zero attached hydrogens (tertiary/aromatic N) is 6. The predicted octanol–water partition coefficient (Wildman–Crippen LogP) is 5.42. The third kappa shape index (κ3) is 8.02. The molecule has 0 radical (unpaired) electrons. The van der Waals surface area contributed by atoms with Gasteiger partial charge in [0.1, 0.15) is 36.3 Å².